The lowest BCUT2D eigenvalue weighted by atomic mass is 9.82. The zero-order valence-corrected chi connectivity index (χ0v) is 9.92. The van der Waals surface area contributed by atoms with Crippen LogP contribution in [-0.4, -0.2) is 19.3 Å². The van der Waals surface area contributed by atoms with Crippen LogP contribution in [0.1, 0.15) is 41.0 Å². The first kappa shape index (κ1) is 12.9. The molecule has 0 saturated heterocycles. The number of methoxy groups -OCH3 is 1. The van der Waals surface area contributed by atoms with Crippen molar-refractivity contribution in [2.45, 2.75) is 53.2 Å². The van der Waals surface area contributed by atoms with Crippen molar-refractivity contribution in [2.24, 2.45) is 17.1 Å². The molecule has 2 unspecified atom stereocenters. The average molecular weight is 187 g/mol. The highest BCUT2D eigenvalue weighted by Gasteiger charge is 2.30. The van der Waals surface area contributed by atoms with Crippen LogP contribution in [0, 0.1) is 11.3 Å². The molecule has 0 aromatic heterocycles. The van der Waals surface area contributed by atoms with Crippen molar-refractivity contribution < 1.29 is 4.74 Å². The maximum atomic E-state index is 6.09. The summed E-state index contributed by atoms with van der Waals surface area (Å²) in [4.78, 5) is 0. The molecular weight excluding hydrogens is 162 g/mol. The smallest absolute Gasteiger partial charge is 0.0770 e. The molecule has 0 aromatic rings. The maximum Gasteiger partial charge on any atom is 0.0770 e. The molecule has 0 saturated carbocycles. The molecule has 0 fully saturated rings. The Balaban J connectivity index is 4.24. The van der Waals surface area contributed by atoms with Crippen LogP contribution in [-0.2, 0) is 4.74 Å². The van der Waals surface area contributed by atoms with E-state index in [4.69, 9.17) is 10.5 Å². The highest BCUT2D eigenvalue weighted by Crippen LogP contribution is 2.26. The summed E-state index contributed by atoms with van der Waals surface area (Å²) in [6.07, 6.45) is 1.17. The topological polar surface area (TPSA) is 35.2 Å². The highest BCUT2D eigenvalue weighted by atomic mass is 16.5. The van der Waals surface area contributed by atoms with Gasteiger partial charge in [-0.2, -0.15) is 0 Å². The van der Waals surface area contributed by atoms with Gasteiger partial charge >= 0.3 is 0 Å². The van der Waals surface area contributed by atoms with Crippen molar-refractivity contribution in [1.29, 1.82) is 0 Å². The summed E-state index contributed by atoms with van der Waals surface area (Å²) >= 11 is 0. The predicted octanol–water partition coefficient (Wildman–Crippen LogP) is 2.42. The summed E-state index contributed by atoms with van der Waals surface area (Å²) in [5.41, 5.74) is 6.22. The monoisotopic (exact) mass is 187 g/mol. The normalized spacial score (nSPS) is 17.5. The van der Waals surface area contributed by atoms with E-state index in [0.29, 0.717) is 5.92 Å². The van der Waals surface area contributed by atoms with E-state index in [0.717, 1.165) is 6.42 Å². The van der Waals surface area contributed by atoms with Gasteiger partial charge in [0.25, 0.3) is 0 Å². The quantitative estimate of drug-likeness (QED) is 0.733. The largest absolute Gasteiger partial charge is 0.379 e. The van der Waals surface area contributed by atoms with E-state index in [2.05, 4.69) is 34.6 Å². The minimum atomic E-state index is 0.128. The fourth-order valence-electron chi connectivity index (χ4n) is 1.84. The molecule has 13 heavy (non-hydrogen) atoms. The van der Waals surface area contributed by atoms with Gasteiger partial charge in [0.15, 0.2) is 0 Å². The first-order chi connectivity index (χ1) is 5.79. The minimum Gasteiger partial charge on any atom is -0.379 e. The van der Waals surface area contributed by atoms with Gasteiger partial charge in [-0.25, -0.2) is 0 Å². The zero-order valence-electron chi connectivity index (χ0n) is 9.92. The second-order valence-corrected chi connectivity index (χ2v) is 5.32. The van der Waals surface area contributed by atoms with Gasteiger partial charge < -0.3 is 10.5 Å². The van der Waals surface area contributed by atoms with Crippen LogP contribution in [0.25, 0.3) is 0 Å². The van der Waals surface area contributed by atoms with Gasteiger partial charge in [0.1, 0.15) is 0 Å². The molecule has 0 amide bonds. The van der Waals surface area contributed by atoms with Gasteiger partial charge in [0.2, 0.25) is 0 Å². The van der Waals surface area contributed by atoms with Crippen LogP contribution >= 0.6 is 0 Å². The van der Waals surface area contributed by atoms with Crippen LogP contribution in [0.3, 0.4) is 0 Å². The summed E-state index contributed by atoms with van der Waals surface area (Å²) in [6, 6.07) is 0.144. The zero-order chi connectivity index (χ0) is 10.6. The van der Waals surface area contributed by atoms with Crippen molar-refractivity contribution >= 4 is 0 Å². The van der Waals surface area contributed by atoms with E-state index >= 15 is 0 Å². The third-order valence-corrected chi connectivity index (χ3v) is 2.24. The lowest BCUT2D eigenvalue weighted by Crippen LogP contribution is -2.45. The first-order valence-corrected chi connectivity index (χ1v) is 5.07. The SMILES string of the molecule is COC(C(N)CC(C)C)C(C)(C)C. The Morgan fingerprint density at radius 1 is 1.23 bits per heavy atom. The summed E-state index contributed by atoms with van der Waals surface area (Å²) in [6.45, 7) is 10.9. The highest BCUT2D eigenvalue weighted by molar-refractivity contribution is 4.84. The minimum absolute atomic E-state index is 0.128. The van der Waals surface area contributed by atoms with Crippen molar-refractivity contribution in [1.82, 2.24) is 0 Å². The third-order valence-electron chi connectivity index (χ3n) is 2.24. The number of rotatable bonds is 4. The van der Waals surface area contributed by atoms with Crippen LogP contribution < -0.4 is 5.73 Å². The Hall–Kier alpha value is -0.0800. The van der Waals surface area contributed by atoms with E-state index in [-0.39, 0.29) is 17.6 Å². The summed E-state index contributed by atoms with van der Waals surface area (Å²) in [5, 5.41) is 0. The van der Waals surface area contributed by atoms with Gasteiger partial charge in [-0.05, 0) is 17.8 Å². The Kier molecular flexibility index (Phi) is 4.93. The van der Waals surface area contributed by atoms with Gasteiger partial charge in [-0.1, -0.05) is 34.6 Å². The summed E-state index contributed by atoms with van der Waals surface area (Å²) < 4.78 is 5.45. The summed E-state index contributed by atoms with van der Waals surface area (Å²) in [5.74, 6) is 0.634. The molecule has 0 radical (unpaired) electrons. The number of nitrogens with two attached hydrogens (primary N) is 1. The Morgan fingerprint density at radius 2 is 1.69 bits per heavy atom. The number of hydrogen-bond acceptors (Lipinski definition) is 2. The van der Waals surface area contributed by atoms with Crippen molar-refractivity contribution in [3.63, 3.8) is 0 Å². The molecular formula is C11H25NO. The molecule has 0 bridgehead atoms. The molecule has 80 valence electrons. The lowest BCUT2D eigenvalue weighted by Gasteiger charge is -2.34. The molecule has 2 atom stereocenters. The Labute approximate surface area is 82.8 Å². The van der Waals surface area contributed by atoms with Gasteiger partial charge in [-0.3, -0.25) is 0 Å². The molecule has 2 heteroatoms. The lowest BCUT2D eigenvalue weighted by molar-refractivity contribution is -0.00607. The molecule has 2 N–H and O–H groups in total. The van der Waals surface area contributed by atoms with E-state index in [1.165, 1.54) is 0 Å². The predicted molar refractivity (Wildman–Crippen MR) is 57.7 cm³/mol. The van der Waals surface area contributed by atoms with E-state index in [1.807, 2.05) is 0 Å². The van der Waals surface area contributed by atoms with Crippen molar-refractivity contribution in [3.8, 4) is 0 Å². The molecule has 2 nitrogen and oxygen atoms in total. The van der Waals surface area contributed by atoms with Crippen LogP contribution in [0.15, 0.2) is 0 Å². The van der Waals surface area contributed by atoms with Crippen molar-refractivity contribution in [2.75, 3.05) is 7.11 Å². The fourth-order valence-corrected chi connectivity index (χ4v) is 1.84. The average Bonchev–Trinajstić information content (AvgIpc) is 1.82. The van der Waals surface area contributed by atoms with E-state index in [1.54, 1.807) is 7.11 Å². The van der Waals surface area contributed by atoms with Crippen molar-refractivity contribution in [3.05, 3.63) is 0 Å². The third kappa shape index (κ3) is 4.63. The van der Waals surface area contributed by atoms with Crippen LogP contribution in [0.2, 0.25) is 0 Å². The molecule has 0 rings (SSSR count). The van der Waals surface area contributed by atoms with E-state index < -0.39 is 0 Å². The van der Waals surface area contributed by atoms with Gasteiger partial charge in [0, 0.05) is 13.2 Å². The molecule has 0 aromatic carbocycles. The molecule has 0 aliphatic rings. The number of hydrogen-bond donors (Lipinski definition) is 1. The Morgan fingerprint density at radius 3 is 1.92 bits per heavy atom. The number of ether oxygens (including phenoxy) is 1. The van der Waals surface area contributed by atoms with Crippen LogP contribution in [0.5, 0.6) is 0 Å². The summed E-state index contributed by atoms with van der Waals surface area (Å²) in [7, 11) is 1.75. The maximum absolute atomic E-state index is 6.09. The molecule has 0 heterocycles. The molecule has 0 aliphatic heterocycles. The van der Waals surface area contributed by atoms with Gasteiger partial charge in [-0.15, -0.1) is 0 Å². The fraction of sp³-hybridized carbons (Fsp3) is 1.00. The molecule has 0 aliphatic carbocycles. The second-order valence-electron chi connectivity index (χ2n) is 5.32. The standard InChI is InChI=1S/C11H25NO/c1-8(2)7-9(12)10(13-6)11(3,4)5/h8-10H,7,12H2,1-6H3. The molecule has 0 spiro atoms. The van der Waals surface area contributed by atoms with E-state index in [9.17, 15) is 0 Å². The van der Waals surface area contributed by atoms with Crippen LogP contribution in [0.4, 0.5) is 0 Å². The van der Waals surface area contributed by atoms with Gasteiger partial charge in [0.05, 0.1) is 6.10 Å². The second kappa shape index (κ2) is 4.97. The first-order valence-electron chi connectivity index (χ1n) is 5.07. The Bertz CT molecular complexity index is 138.